The lowest BCUT2D eigenvalue weighted by molar-refractivity contribution is -0.153. The number of nitrogens with one attached hydrogen (secondary N) is 2. The van der Waals surface area contributed by atoms with Crippen molar-refractivity contribution in [3.63, 3.8) is 0 Å². The number of nitrogens with zero attached hydrogens (tertiary/aromatic N) is 2. The number of aliphatic imine (C=N–C) groups is 1. The zero-order valence-electron chi connectivity index (χ0n) is 16.6. The molecule has 6 nitrogen and oxygen atoms in total. The Bertz CT molecular complexity index is 794. The molecule has 0 bridgehead atoms. The van der Waals surface area contributed by atoms with Crippen LogP contribution >= 0.6 is 24.0 Å². The summed E-state index contributed by atoms with van der Waals surface area (Å²) in [7, 11) is 0. The quantitative estimate of drug-likeness (QED) is 0.304. The lowest BCUT2D eigenvalue weighted by atomic mass is 10.1. The number of benzene rings is 1. The summed E-state index contributed by atoms with van der Waals surface area (Å²) in [4.78, 5) is 4.43. The predicted molar refractivity (Wildman–Crippen MR) is 116 cm³/mol. The van der Waals surface area contributed by atoms with E-state index in [2.05, 4.69) is 20.8 Å². The van der Waals surface area contributed by atoms with E-state index in [4.69, 9.17) is 9.26 Å². The molecule has 1 aromatic heterocycles. The van der Waals surface area contributed by atoms with Crippen LogP contribution < -0.4 is 15.4 Å². The molecule has 1 heterocycles. The monoisotopic (exact) mass is 526 g/mol. The lowest BCUT2D eigenvalue weighted by Gasteiger charge is -2.14. The largest absolute Gasteiger partial charge is 0.484 e. The fourth-order valence-corrected chi connectivity index (χ4v) is 2.37. The van der Waals surface area contributed by atoms with Crippen molar-refractivity contribution in [1.29, 1.82) is 0 Å². The zero-order chi connectivity index (χ0) is 20.6. The Balaban J connectivity index is 0.00000420. The SMILES string of the molecule is CCNC(=NCc1ccc(C)cc1OCC(F)(F)F)NCc1cc(CC)no1.I. The smallest absolute Gasteiger partial charge is 0.422 e. The molecule has 1 aromatic carbocycles. The fraction of sp³-hybridized carbons (Fsp3) is 0.474. The van der Waals surface area contributed by atoms with Gasteiger partial charge in [-0.15, -0.1) is 24.0 Å². The van der Waals surface area contributed by atoms with E-state index in [1.165, 1.54) is 0 Å². The third-order valence-electron chi connectivity index (χ3n) is 3.77. The van der Waals surface area contributed by atoms with Crippen LogP contribution in [0, 0.1) is 6.92 Å². The van der Waals surface area contributed by atoms with Crippen LogP contribution in [0.4, 0.5) is 13.2 Å². The standard InChI is InChI=1S/C19H25F3N4O2.HI/c1-4-15-9-16(28-26-15)11-25-18(23-5-2)24-10-14-7-6-13(3)8-17(14)27-12-19(20,21)22;/h6-9H,4-5,10-12H2,1-3H3,(H2,23,24,25);1H. The molecule has 2 aromatic rings. The van der Waals surface area contributed by atoms with Crippen molar-refractivity contribution in [2.75, 3.05) is 13.2 Å². The minimum atomic E-state index is -4.39. The second kappa shape index (κ2) is 11.9. The summed E-state index contributed by atoms with van der Waals surface area (Å²) in [6.45, 7) is 5.56. The lowest BCUT2D eigenvalue weighted by Crippen LogP contribution is -2.36. The van der Waals surface area contributed by atoms with E-state index in [1.807, 2.05) is 26.0 Å². The van der Waals surface area contributed by atoms with Crippen molar-refractivity contribution in [2.24, 2.45) is 4.99 Å². The van der Waals surface area contributed by atoms with E-state index in [1.54, 1.807) is 19.1 Å². The molecule has 0 atom stereocenters. The normalized spacial score (nSPS) is 11.7. The Morgan fingerprint density at radius 1 is 1.21 bits per heavy atom. The van der Waals surface area contributed by atoms with Crippen LogP contribution in [0.5, 0.6) is 5.75 Å². The maximum absolute atomic E-state index is 12.5. The first-order valence-corrected chi connectivity index (χ1v) is 9.06. The van der Waals surface area contributed by atoms with E-state index in [0.29, 0.717) is 30.4 Å². The highest BCUT2D eigenvalue weighted by Gasteiger charge is 2.28. The van der Waals surface area contributed by atoms with E-state index in [-0.39, 0.29) is 36.3 Å². The number of hydrogen-bond acceptors (Lipinski definition) is 4. The highest BCUT2D eigenvalue weighted by Crippen LogP contribution is 2.24. The van der Waals surface area contributed by atoms with Gasteiger partial charge in [0.15, 0.2) is 18.3 Å². The number of aryl methyl sites for hydroxylation is 2. The van der Waals surface area contributed by atoms with E-state index in [9.17, 15) is 13.2 Å². The summed E-state index contributed by atoms with van der Waals surface area (Å²) in [6.07, 6.45) is -3.61. The summed E-state index contributed by atoms with van der Waals surface area (Å²) in [6, 6.07) is 6.97. The van der Waals surface area contributed by atoms with Crippen molar-refractivity contribution in [3.8, 4) is 5.75 Å². The Morgan fingerprint density at radius 3 is 2.59 bits per heavy atom. The molecule has 0 fully saturated rings. The molecule has 0 saturated carbocycles. The van der Waals surface area contributed by atoms with Crippen LogP contribution in [-0.4, -0.2) is 30.4 Å². The van der Waals surface area contributed by atoms with Gasteiger partial charge in [0.05, 0.1) is 18.8 Å². The topological polar surface area (TPSA) is 71.7 Å². The average Bonchev–Trinajstić information content (AvgIpc) is 3.11. The van der Waals surface area contributed by atoms with Gasteiger partial charge in [0, 0.05) is 18.2 Å². The number of alkyl halides is 3. The van der Waals surface area contributed by atoms with Gasteiger partial charge in [-0.25, -0.2) is 4.99 Å². The summed E-state index contributed by atoms with van der Waals surface area (Å²) in [5.74, 6) is 1.37. The Labute approximate surface area is 185 Å². The molecule has 2 rings (SSSR count). The number of guanidine groups is 1. The summed E-state index contributed by atoms with van der Waals surface area (Å²) < 4.78 is 47.7. The summed E-state index contributed by atoms with van der Waals surface area (Å²) >= 11 is 0. The first-order valence-electron chi connectivity index (χ1n) is 9.06. The van der Waals surface area contributed by atoms with Crippen LogP contribution in [0.15, 0.2) is 33.8 Å². The molecule has 0 unspecified atom stereocenters. The second-order valence-corrected chi connectivity index (χ2v) is 6.20. The minimum Gasteiger partial charge on any atom is -0.484 e. The van der Waals surface area contributed by atoms with E-state index < -0.39 is 12.8 Å². The minimum absolute atomic E-state index is 0. The molecule has 162 valence electrons. The number of halogens is 4. The van der Waals surface area contributed by atoms with Gasteiger partial charge < -0.3 is 19.9 Å². The van der Waals surface area contributed by atoms with Crippen molar-refractivity contribution < 1.29 is 22.4 Å². The Kier molecular flexibility index (Phi) is 10.3. The molecule has 0 saturated heterocycles. The summed E-state index contributed by atoms with van der Waals surface area (Å²) in [5, 5.41) is 10.1. The molecule has 2 N–H and O–H groups in total. The number of ether oxygens (including phenoxy) is 1. The number of rotatable bonds is 8. The number of aromatic nitrogens is 1. The van der Waals surface area contributed by atoms with E-state index >= 15 is 0 Å². The van der Waals surface area contributed by atoms with E-state index in [0.717, 1.165) is 17.7 Å². The van der Waals surface area contributed by atoms with Gasteiger partial charge >= 0.3 is 6.18 Å². The molecule has 0 aliphatic heterocycles. The van der Waals surface area contributed by atoms with Gasteiger partial charge in [-0.1, -0.05) is 24.2 Å². The molecule has 0 aliphatic carbocycles. The van der Waals surface area contributed by atoms with Crippen molar-refractivity contribution >= 4 is 29.9 Å². The number of hydrogen-bond donors (Lipinski definition) is 2. The third kappa shape index (κ3) is 8.92. The highest BCUT2D eigenvalue weighted by atomic mass is 127. The molecule has 29 heavy (non-hydrogen) atoms. The molecular formula is C19H26F3IN4O2. The molecule has 0 amide bonds. The van der Waals surface area contributed by atoms with Crippen LogP contribution in [0.3, 0.4) is 0 Å². The Hall–Kier alpha value is -1.98. The second-order valence-electron chi connectivity index (χ2n) is 6.20. The predicted octanol–water partition coefficient (Wildman–Crippen LogP) is 4.36. The van der Waals surface area contributed by atoms with Gasteiger partial charge in [-0.05, 0) is 31.9 Å². The first kappa shape index (κ1) is 25.1. The van der Waals surface area contributed by atoms with Crippen molar-refractivity contribution in [1.82, 2.24) is 15.8 Å². The molecule has 0 aliphatic rings. The highest BCUT2D eigenvalue weighted by molar-refractivity contribution is 14.0. The van der Waals surface area contributed by atoms with Gasteiger partial charge in [0.2, 0.25) is 0 Å². The average molecular weight is 526 g/mol. The van der Waals surface area contributed by atoms with Gasteiger partial charge in [-0.2, -0.15) is 13.2 Å². The molecule has 0 radical (unpaired) electrons. The van der Waals surface area contributed by atoms with Crippen molar-refractivity contribution in [3.05, 3.63) is 46.8 Å². The van der Waals surface area contributed by atoms with Crippen LogP contribution in [0.2, 0.25) is 0 Å². The maximum atomic E-state index is 12.5. The van der Waals surface area contributed by atoms with Crippen LogP contribution in [0.1, 0.15) is 36.4 Å². The molecular weight excluding hydrogens is 500 g/mol. The summed E-state index contributed by atoms with van der Waals surface area (Å²) in [5.41, 5.74) is 2.25. The zero-order valence-corrected chi connectivity index (χ0v) is 18.9. The molecule has 0 spiro atoms. The van der Waals surface area contributed by atoms with Crippen LogP contribution in [0.25, 0.3) is 0 Å². The first-order chi connectivity index (χ1) is 13.3. The Morgan fingerprint density at radius 2 is 1.97 bits per heavy atom. The van der Waals surface area contributed by atoms with Gasteiger partial charge in [0.1, 0.15) is 5.75 Å². The van der Waals surface area contributed by atoms with Gasteiger partial charge in [-0.3, -0.25) is 0 Å². The van der Waals surface area contributed by atoms with Gasteiger partial charge in [0.25, 0.3) is 0 Å². The third-order valence-corrected chi connectivity index (χ3v) is 3.77. The fourth-order valence-electron chi connectivity index (χ4n) is 2.37. The van der Waals surface area contributed by atoms with Crippen LogP contribution in [-0.2, 0) is 19.5 Å². The molecule has 10 heteroatoms. The maximum Gasteiger partial charge on any atom is 0.422 e. The van der Waals surface area contributed by atoms with Crippen molar-refractivity contribution in [2.45, 2.75) is 46.5 Å².